The van der Waals surface area contributed by atoms with Gasteiger partial charge in [-0.1, -0.05) is 30.3 Å². The van der Waals surface area contributed by atoms with Gasteiger partial charge >= 0.3 is 7.12 Å². The first-order valence-electron chi connectivity index (χ1n) is 6.94. The average Bonchev–Trinajstić information content (AvgIpc) is 3.17. The number of thiophene rings is 1. The van der Waals surface area contributed by atoms with E-state index in [-0.39, 0.29) is 0 Å². The summed E-state index contributed by atoms with van der Waals surface area (Å²) in [4.78, 5) is 3.80. The first-order chi connectivity index (χ1) is 9.74. The van der Waals surface area contributed by atoms with Crippen molar-refractivity contribution < 1.29 is 10.0 Å². The third-order valence-corrected chi connectivity index (χ3v) is 4.57. The molecule has 1 aliphatic carbocycles. The maximum atomic E-state index is 9.47. The van der Waals surface area contributed by atoms with Gasteiger partial charge in [0, 0.05) is 24.0 Å². The van der Waals surface area contributed by atoms with Gasteiger partial charge in [-0.05, 0) is 35.3 Å². The topological polar surface area (TPSA) is 43.7 Å². The molecule has 0 aliphatic heterocycles. The van der Waals surface area contributed by atoms with Crippen molar-refractivity contribution in [3.63, 3.8) is 0 Å². The van der Waals surface area contributed by atoms with E-state index in [1.807, 2.05) is 18.2 Å². The molecule has 3 rings (SSSR count). The molecule has 0 bridgehead atoms. The van der Waals surface area contributed by atoms with Crippen LogP contribution in [0.4, 0.5) is 0 Å². The van der Waals surface area contributed by atoms with Crippen LogP contribution >= 0.6 is 11.3 Å². The highest BCUT2D eigenvalue weighted by Crippen LogP contribution is 2.30. The molecule has 104 valence electrons. The average molecular weight is 287 g/mol. The normalized spacial score (nSPS) is 14.8. The van der Waals surface area contributed by atoms with Gasteiger partial charge in [0.15, 0.2) is 0 Å². The lowest BCUT2D eigenvalue weighted by Gasteiger charge is -2.23. The zero-order valence-corrected chi connectivity index (χ0v) is 12.1. The Morgan fingerprint density at radius 3 is 2.55 bits per heavy atom. The molecule has 0 saturated heterocycles. The van der Waals surface area contributed by atoms with Crippen LogP contribution < -0.4 is 5.46 Å². The molecule has 0 radical (unpaired) electrons. The van der Waals surface area contributed by atoms with E-state index in [4.69, 9.17) is 0 Å². The third-order valence-electron chi connectivity index (χ3n) is 3.71. The van der Waals surface area contributed by atoms with Crippen LogP contribution in [0.5, 0.6) is 0 Å². The van der Waals surface area contributed by atoms with E-state index in [0.717, 1.165) is 18.7 Å². The molecule has 0 amide bonds. The summed E-state index contributed by atoms with van der Waals surface area (Å²) in [6.45, 7) is 1.72. The molecule has 0 atom stereocenters. The summed E-state index contributed by atoms with van der Waals surface area (Å²) in [5, 5.41) is 21.0. The van der Waals surface area contributed by atoms with E-state index in [2.05, 4.69) is 22.4 Å². The smallest absolute Gasteiger partial charge is 0.423 e. The number of hydrogen-bond acceptors (Lipinski definition) is 4. The van der Waals surface area contributed by atoms with Crippen LogP contribution in [0.25, 0.3) is 0 Å². The molecule has 1 aliphatic rings. The van der Waals surface area contributed by atoms with Crippen LogP contribution in [0.3, 0.4) is 0 Å². The molecule has 2 aromatic rings. The van der Waals surface area contributed by atoms with Crippen molar-refractivity contribution in [2.45, 2.75) is 32.0 Å². The molecular formula is C15H18BNO2S. The fraction of sp³-hybridized carbons (Fsp3) is 0.333. The van der Waals surface area contributed by atoms with Crippen LogP contribution in [0, 0.1) is 0 Å². The predicted octanol–water partition coefficient (Wildman–Crippen LogP) is 1.59. The molecule has 0 spiro atoms. The second kappa shape index (κ2) is 6.10. The fourth-order valence-electron chi connectivity index (χ4n) is 2.51. The summed E-state index contributed by atoms with van der Waals surface area (Å²) in [5.41, 5.74) is 1.62. The maximum Gasteiger partial charge on any atom is 0.488 e. The number of hydrogen-bond donors (Lipinski definition) is 2. The molecular weight excluding hydrogens is 269 g/mol. The Morgan fingerprint density at radius 1 is 1.10 bits per heavy atom. The molecule has 3 nitrogen and oxygen atoms in total. The maximum absolute atomic E-state index is 9.47. The lowest BCUT2D eigenvalue weighted by molar-refractivity contribution is 0.248. The van der Waals surface area contributed by atoms with Gasteiger partial charge in [0.05, 0.1) is 0 Å². The van der Waals surface area contributed by atoms with Gasteiger partial charge in [0.1, 0.15) is 0 Å². The van der Waals surface area contributed by atoms with Crippen molar-refractivity contribution in [2.24, 2.45) is 0 Å². The van der Waals surface area contributed by atoms with E-state index in [1.54, 1.807) is 17.4 Å². The van der Waals surface area contributed by atoms with E-state index >= 15 is 0 Å². The summed E-state index contributed by atoms with van der Waals surface area (Å²) in [6, 6.07) is 12.5. The molecule has 1 aromatic carbocycles. The van der Waals surface area contributed by atoms with Crippen molar-refractivity contribution >= 4 is 23.9 Å². The second-order valence-electron chi connectivity index (χ2n) is 5.29. The van der Waals surface area contributed by atoms with Crippen LogP contribution in [0.1, 0.15) is 23.3 Å². The first kappa shape index (κ1) is 13.8. The van der Waals surface area contributed by atoms with Gasteiger partial charge in [-0.3, -0.25) is 4.90 Å². The Hall–Kier alpha value is -1.14. The minimum Gasteiger partial charge on any atom is -0.423 e. The largest absolute Gasteiger partial charge is 0.488 e. The number of nitrogens with zero attached hydrogens (tertiary/aromatic N) is 1. The Kier molecular flexibility index (Phi) is 4.22. The quantitative estimate of drug-likeness (QED) is 0.793. The van der Waals surface area contributed by atoms with Crippen LogP contribution in [0.15, 0.2) is 41.8 Å². The highest BCUT2D eigenvalue weighted by atomic mass is 32.1. The Bertz CT molecular complexity index is 555. The molecule has 1 aromatic heterocycles. The monoisotopic (exact) mass is 287 g/mol. The van der Waals surface area contributed by atoms with Gasteiger partial charge in [-0.2, -0.15) is 0 Å². The lowest BCUT2D eigenvalue weighted by Crippen LogP contribution is -2.36. The number of benzene rings is 1. The van der Waals surface area contributed by atoms with Crippen molar-refractivity contribution in [1.82, 2.24) is 4.90 Å². The van der Waals surface area contributed by atoms with Crippen molar-refractivity contribution in [2.75, 3.05) is 0 Å². The SMILES string of the molecule is OB(O)c1ccccc1CN(Cc1cccs1)C1CC1. The summed E-state index contributed by atoms with van der Waals surface area (Å²) in [5.74, 6) is 0. The van der Waals surface area contributed by atoms with E-state index < -0.39 is 7.12 Å². The molecule has 1 heterocycles. The highest BCUT2D eigenvalue weighted by Gasteiger charge is 2.30. The predicted molar refractivity (Wildman–Crippen MR) is 82.9 cm³/mol. The van der Waals surface area contributed by atoms with Gasteiger partial charge in [-0.25, -0.2) is 0 Å². The molecule has 20 heavy (non-hydrogen) atoms. The zero-order chi connectivity index (χ0) is 13.9. The molecule has 1 fully saturated rings. The standard InChI is InChI=1S/C15H18BNO2S/c18-16(19)15-6-2-1-4-12(15)10-17(13-7-8-13)11-14-5-3-9-20-14/h1-6,9,13,18-19H,7-8,10-11H2. The third kappa shape index (κ3) is 3.30. The molecule has 0 unspecified atom stereocenters. The van der Waals surface area contributed by atoms with Gasteiger partial charge in [-0.15, -0.1) is 11.3 Å². The molecule has 1 saturated carbocycles. The van der Waals surface area contributed by atoms with Crippen molar-refractivity contribution in [3.8, 4) is 0 Å². The van der Waals surface area contributed by atoms with Gasteiger partial charge in [0.2, 0.25) is 0 Å². The van der Waals surface area contributed by atoms with Crippen molar-refractivity contribution in [3.05, 3.63) is 52.2 Å². The number of rotatable bonds is 6. The van der Waals surface area contributed by atoms with Gasteiger partial charge in [0.25, 0.3) is 0 Å². The second-order valence-corrected chi connectivity index (χ2v) is 6.32. The Labute approximate surface area is 123 Å². The minimum atomic E-state index is -1.39. The zero-order valence-electron chi connectivity index (χ0n) is 11.3. The highest BCUT2D eigenvalue weighted by molar-refractivity contribution is 7.09. The van der Waals surface area contributed by atoms with Crippen molar-refractivity contribution in [1.29, 1.82) is 0 Å². The molecule has 2 N–H and O–H groups in total. The fourth-order valence-corrected chi connectivity index (χ4v) is 3.23. The Balaban J connectivity index is 1.76. The van der Waals surface area contributed by atoms with Crippen LogP contribution in [0.2, 0.25) is 0 Å². The van der Waals surface area contributed by atoms with Crippen LogP contribution in [-0.2, 0) is 13.1 Å². The first-order valence-corrected chi connectivity index (χ1v) is 7.82. The van der Waals surface area contributed by atoms with E-state index in [1.165, 1.54) is 17.7 Å². The summed E-state index contributed by atoms with van der Waals surface area (Å²) >= 11 is 1.78. The minimum absolute atomic E-state index is 0.615. The summed E-state index contributed by atoms with van der Waals surface area (Å²) < 4.78 is 0. The summed E-state index contributed by atoms with van der Waals surface area (Å²) in [6.07, 6.45) is 2.49. The van der Waals surface area contributed by atoms with E-state index in [0.29, 0.717) is 11.5 Å². The Morgan fingerprint density at radius 2 is 1.90 bits per heavy atom. The lowest BCUT2D eigenvalue weighted by atomic mass is 9.77. The summed E-state index contributed by atoms with van der Waals surface area (Å²) in [7, 11) is -1.39. The van der Waals surface area contributed by atoms with Crippen LogP contribution in [-0.4, -0.2) is 28.1 Å². The molecule has 5 heteroatoms. The van der Waals surface area contributed by atoms with E-state index in [9.17, 15) is 10.0 Å². The van der Waals surface area contributed by atoms with Gasteiger partial charge < -0.3 is 10.0 Å².